The molecule has 1 atom stereocenters. The smallest absolute Gasteiger partial charge is 0.328 e. The van der Waals surface area contributed by atoms with Crippen molar-refractivity contribution in [3.05, 3.63) is 60.2 Å². The van der Waals surface area contributed by atoms with Crippen molar-refractivity contribution in [3.8, 4) is 5.75 Å². The van der Waals surface area contributed by atoms with E-state index in [0.717, 1.165) is 18.2 Å². The summed E-state index contributed by atoms with van der Waals surface area (Å²) in [5, 5.41) is 4.45. The van der Waals surface area contributed by atoms with Crippen molar-refractivity contribution in [2.75, 3.05) is 18.5 Å². The first-order valence-electron chi connectivity index (χ1n) is 8.24. The van der Waals surface area contributed by atoms with E-state index in [0.29, 0.717) is 5.75 Å². The molecule has 0 aromatic heterocycles. The summed E-state index contributed by atoms with van der Waals surface area (Å²) >= 11 is 0. The fourth-order valence-electron chi connectivity index (χ4n) is 2.05. The summed E-state index contributed by atoms with van der Waals surface area (Å²) in [5.74, 6) is -3.36. The molecule has 0 saturated carbocycles. The number of carbonyl (C=O) groups is 3. The van der Waals surface area contributed by atoms with Gasteiger partial charge in [-0.1, -0.05) is 18.2 Å². The molecule has 2 N–H and O–H groups in total. The minimum Gasteiger partial charge on any atom is -0.484 e. The summed E-state index contributed by atoms with van der Waals surface area (Å²) in [5.41, 5.74) is -0.375. The number of hydrogen-bond donors (Lipinski definition) is 2. The van der Waals surface area contributed by atoms with Crippen LogP contribution in [0.2, 0.25) is 0 Å². The van der Waals surface area contributed by atoms with E-state index in [2.05, 4.69) is 10.6 Å². The van der Waals surface area contributed by atoms with Gasteiger partial charge in [0, 0.05) is 6.07 Å². The molecule has 0 aliphatic heterocycles. The highest BCUT2D eigenvalue weighted by Crippen LogP contribution is 2.15. The van der Waals surface area contributed by atoms with Crippen molar-refractivity contribution in [2.45, 2.75) is 13.0 Å². The molecule has 0 aliphatic carbocycles. The SMILES string of the molecule is C[C@H](NC(=O)COc1ccccc1)C(=O)OCC(=O)Nc1cc(F)ccc1F. The number of ether oxygens (including phenoxy) is 2. The first kappa shape index (κ1) is 20.8. The van der Waals surface area contributed by atoms with Crippen LogP contribution in [0.3, 0.4) is 0 Å². The maximum atomic E-state index is 13.4. The predicted octanol–water partition coefficient (Wildman–Crippen LogP) is 2.03. The molecule has 2 amide bonds. The standard InChI is InChI=1S/C19H18F2N2O5/c1-12(22-17(24)10-27-14-5-3-2-4-6-14)19(26)28-11-18(25)23-16-9-13(20)7-8-15(16)21/h2-9,12H,10-11H2,1H3,(H,22,24)(H,23,25)/t12-/m0/s1. The van der Waals surface area contributed by atoms with Gasteiger partial charge in [0.2, 0.25) is 0 Å². The molecule has 148 valence electrons. The Hall–Kier alpha value is -3.49. The molecular formula is C19H18F2N2O5. The van der Waals surface area contributed by atoms with Crippen molar-refractivity contribution in [1.82, 2.24) is 5.32 Å². The van der Waals surface area contributed by atoms with Crippen LogP contribution in [0.1, 0.15) is 6.92 Å². The van der Waals surface area contributed by atoms with Crippen molar-refractivity contribution in [2.24, 2.45) is 0 Å². The molecular weight excluding hydrogens is 374 g/mol. The van der Waals surface area contributed by atoms with E-state index in [-0.39, 0.29) is 12.3 Å². The Morgan fingerprint density at radius 3 is 2.43 bits per heavy atom. The molecule has 0 fully saturated rings. The van der Waals surface area contributed by atoms with Crippen LogP contribution in [-0.2, 0) is 19.1 Å². The Morgan fingerprint density at radius 2 is 1.71 bits per heavy atom. The van der Waals surface area contributed by atoms with Gasteiger partial charge in [-0.2, -0.15) is 0 Å². The first-order valence-corrected chi connectivity index (χ1v) is 8.24. The number of benzene rings is 2. The third kappa shape index (κ3) is 6.67. The lowest BCUT2D eigenvalue weighted by atomic mass is 10.3. The molecule has 0 bridgehead atoms. The van der Waals surface area contributed by atoms with Gasteiger partial charge in [-0.15, -0.1) is 0 Å². The Kier molecular flexibility index (Phi) is 7.44. The second-order valence-corrected chi connectivity index (χ2v) is 5.67. The van der Waals surface area contributed by atoms with E-state index >= 15 is 0 Å². The van der Waals surface area contributed by atoms with E-state index in [9.17, 15) is 23.2 Å². The molecule has 7 nitrogen and oxygen atoms in total. The molecule has 0 unspecified atom stereocenters. The van der Waals surface area contributed by atoms with Gasteiger partial charge in [-0.25, -0.2) is 13.6 Å². The number of carbonyl (C=O) groups excluding carboxylic acids is 3. The molecule has 2 aromatic carbocycles. The van der Waals surface area contributed by atoms with Crippen molar-refractivity contribution in [3.63, 3.8) is 0 Å². The Morgan fingerprint density at radius 1 is 1.00 bits per heavy atom. The minimum absolute atomic E-state index is 0.305. The quantitative estimate of drug-likeness (QED) is 0.671. The second kappa shape index (κ2) is 10.0. The number of hydrogen-bond acceptors (Lipinski definition) is 5. The zero-order chi connectivity index (χ0) is 20.5. The maximum absolute atomic E-state index is 13.4. The number of rotatable bonds is 8. The third-order valence-electron chi connectivity index (χ3n) is 3.39. The van der Waals surface area contributed by atoms with Gasteiger partial charge in [0.15, 0.2) is 13.2 Å². The lowest BCUT2D eigenvalue weighted by Gasteiger charge is -2.14. The van der Waals surface area contributed by atoms with Gasteiger partial charge in [-0.05, 0) is 31.2 Å². The van der Waals surface area contributed by atoms with Crippen LogP contribution >= 0.6 is 0 Å². The largest absolute Gasteiger partial charge is 0.484 e. The van der Waals surface area contributed by atoms with E-state index in [1.54, 1.807) is 30.3 Å². The summed E-state index contributed by atoms with van der Waals surface area (Å²) in [7, 11) is 0. The van der Waals surface area contributed by atoms with Crippen LogP contribution in [0.15, 0.2) is 48.5 Å². The summed E-state index contributed by atoms with van der Waals surface area (Å²) in [6.45, 7) is 0.337. The van der Waals surface area contributed by atoms with E-state index < -0.39 is 42.1 Å². The van der Waals surface area contributed by atoms with Crippen molar-refractivity contribution < 1.29 is 32.6 Å². The summed E-state index contributed by atoms with van der Waals surface area (Å²) < 4.78 is 36.5. The van der Waals surface area contributed by atoms with Crippen LogP contribution in [0, 0.1) is 11.6 Å². The average molecular weight is 392 g/mol. The van der Waals surface area contributed by atoms with E-state index in [1.165, 1.54) is 6.92 Å². The van der Waals surface area contributed by atoms with Crippen LogP contribution in [-0.4, -0.2) is 37.0 Å². The van der Waals surface area contributed by atoms with E-state index in [4.69, 9.17) is 9.47 Å². The van der Waals surface area contributed by atoms with Gasteiger partial charge in [0.25, 0.3) is 11.8 Å². The molecule has 0 radical (unpaired) electrons. The number of anilines is 1. The molecule has 9 heteroatoms. The summed E-state index contributed by atoms with van der Waals surface area (Å²) in [6.07, 6.45) is 0. The fraction of sp³-hybridized carbons (Fsp3) is 0.211. The Balaban J connectivity index is 1.73. The van der Waals surface area contributed by atoms with Crippen LogP contribution < -0.4 is 15.4 Å². The Bertz CT molecular complexity index is 845. The number of para-hydroxylation sites is 1. The van der Waals surface area contributed by atoms with Crippen LogP contribution in [0.4, 0.5) is 14.5 Å². The first-order chi connectivity index (χ1) is 13.3. The van der Waals surface area contributed by atoms with Crippen molar-refractivity contribution >= 4 is 23.5 Å². The zero-order valence-corrected chi connectivity index (χ0v) is 14.9. The average Bonchev–Trinajstić information content (AvgIpc) is 2.68. The maximum Gasteiger partial charge on any atom is 0.328 e. The monoisotopic (exact) mass is 392 g/mol. The lowest BCUT2D eigenvalue weighted by molar-refractivity contribution is -0.150. The summed E-state index contributed by atoms with van der Waals surface area (Å²) in [6, 6.07) is 10.1. The minimum atomic E-state index is -1.04. The molecule has 0 heterocycles. The highest BCUT2D eigenvalue weighted by atomic mass is 19.1. The van der Waals surface area contributed by atoms with Crippen molar-refractivity contribution in [1.29, 1.82) is 0 Å². The highest BCUT2D eigenvalue weighted by molar-refractivity contribution is 5.93. The van der Waals surface area contributed by atoms with Gasteiger partial charge in [0.1, 0.15) is 23.4 Å². The van der Waals surface area contributed by atoms with Gasteiger partial charge in [0.05, 0.1) is 5.69 Å². The molecule has 2 rings (SSSR count). The predicted molar refractivity (Wildman–Crippen MR) is 95.5 cm³/mol. The molecule has 0 spiro atoms. The lowest BCUT2D eigenvalue weighted by Crippen LogP contribution is -2.42. The zero-order valence-electron chi connectivity index (χ0n) is 14.9. The van der Waals surface area contributed by atoms with Gasteiger partial charge < -0.3 is 20.1 Å². The molecule has 2 aromatic rings. The molecule has 0 aliphatic rings. The number of nitrogens with one attached hydrogen (secondary N) is 2. The second-order valence-electron chi connectivity index (χ2n) is 5.67. The third-order valence-corrected chi connectivity index (χ3v) is 3.39. The Labute approximate surface area is 159 Å². The fourth-order valence-corrected chi connectivity index (χ4v) is 2.05. The normalized spacial score (nSPS) is 11.2. The van der Waals surface area contributed by atoms with Gasteiger partial charge >= 0.3 is 5.97 Å². The van der Waals surface area contributed by atoms with Crippen LogP contribution in [0.25, 0.3) is 0 Å². The number of esters is 1. The number of amides is 2. The molecule has 28 heavy (non-hydrogen) atoms. The van der Waals surface area contributed by atoms with Crippen LogP contribution in [0.5, 0.6) is 5.75 Å². The topological polar surface area (TPSA) is 93.7 Å². The molecule has 0 saturated heterocycles. The van der Waals surface area contributed by atoms with E-state index in [1.807, 2.05) is 0 Å². The number of halogens is 2. The highest BCUT2D eigenvalue weighted by Gasteiger charge is 2.19. The van der Waals surface area contributed by atoms with Gasteiger partial charge in [-0.3, -0.25) is 9.59 Å². The summed E-state index contributed by atoms with van der Waals surface area (Å²) in [4.78, 5) is 35.3.